The Hall–Kier alpha value is -1.41. The summed E-state index contributed by atoms with van der Waals surface area (Å²) in [7, 11) is 0. The topological polar surface area (TPSA) is 3.24 Å². The quantitative estimate of drug-likeness (QED) is 0.751. The molecule has 0 saturated heterocycles. The number of nitrogens with zero attached hydrogens (tertiary/aromatic N) is 1. The molecule has 2 aliphatic rings. The Morgan fingerprint density at radius 3 is 2.78 bits per heavy atom. The molecule has 0 spiro atoms. The van der Waals surface area contributed by atoms with E-state index in [9.17, 15) is 0 Å². The monoisotopic (exact) mass is 251 g/mol. The summed E-state index contributed by atoms with van der Waals surface area (Å²) in [5.74, 6) is 1.21. The minimum absolute atomic E-state index is 0.921. The van der Waals surface area contributed by atoms with Gasteiger partial charge in [-0.25, -0.2) is 0 Å². The van der Waals surface area contributed by atoms with Crippen molar-refractivity contribution < 1.29 is 0 Å². The van der Waals surface area contributed by atoms with Crippen molar-refractivity contribution in [1.82, 2.24) is 0 Å². The third kappa shape index (κ3) is 1.49. The van der Waals surface area contributed by atoms with Crippen molar-refractivity contribution in [3.63, 3.8) is 0 Å². The van der Waals surface area contributed by atoms with E-state index < -0.39 is 0 Å². The highest BCUT2D eigenvalue weighted by Crippen LogP contribution is 2.44. The van der Waals surface area contributed by atoms with Gasteiger partial charge in [-0.05, 0) is 29.7 Å². The van der Waals surface area contributed by atoms with Gasteiger partial charge in [-0.15, -0.1) is 11.8 Å². The predicted octanol–water partition coefficient (Wildman–Crippen LogP) is 4.07. The van der Waals surface area contributed by atoms with E-state index in [0.717, 1.165) is 6.42 Å². The van der Waals surface area contributed by atoms with Gasteiger partial charge in [0.05, 0.1) is 5.69 Å². The lowest BCUT2D eigenvalue weighted by Crippen LogP contribution is -2.09. The average molecular weight is 251 g/mol. The van der Waals surface area contributed by atoms with Gasteiger partial charge in [0.1, 0.15) is 6.54 Å². The maximum atomic E-state index is 3.49. The summed E-state index contributed by atoms with van der Waals surface area (Å²) >= 11 is 1.97. The Labute approximate surface area is 112 Å². The molecule has 0 aliphatic carbocycles. The van der Waals surface area contributed by atoms with Crippen molar-refractivity contribution >= 4 is 23.1 Å². The third-order valence-electron chi connectivity index (χ3n) is 3.59. The van der Waals surface area contributed by atoms with E-state index in [2.05, 4.69) is 53.9 Å². The SMILES string of the molecule is [C]1Cc2ccccc2N1c1cccc2c1SCC2. The van der Waals surface area contributed by atoms with Gasteiger partial charge in [-0.3, -0.25) is 0 Å². The van der Waals surface area contributed by atoms with Crippen LogP contribution in [-0.2, 0) is 12.8 Å². The van der Waals surface area contributed by atoms with Gasteiger partial charge in [-0.2, -0.15) is 0 Å². The maximum absolute atomic E-state index is 3.49. The summed E-state index contributed by atoms with van der Waals surface area (Å²) in [5.41, 5.74) is 5.46. The second kappa shape index (κ2) is 4.06. The zero-order chi connectivity index (χ0) is 11.9. The molecular formula is C16H13NS. The van der Waals surface area contributed by atoms with Crippen molar-refractivity contribution in [2.75, 3.05) is 10.7 Å². The summed E-state index contributed by atoms with van der Waals surface area (Å²) in [5, 5.41) is 0. The van der Waals surface area contributed by atoms with E-state index in [-0.39, 0.29) is 0 Å². The molecule has 2 heterocycles. The third-order valence-corrected chi connectivity index (χ3v) is 4.76. The Morgan fingerprint density at radius 1 is 0.944 bits per heavy atom. The number of benzene rings is 2. The molecular weight excluding hydrogens is 238 g/mol. The molecule has 2 aromatic carbocycles. The molecule has 0 N–H and O–H groups in total. The van der Waals surface area contributed by atoms with Crippen LogP contribution in [0, 0.1) is 6.54 Å². The fraction of sp³-hybridized carbons (Fsp3) is 0.188. The number of fused-ring (bicyclic) bond motifs is 2. The molecule has 2 aliphatic heterocycles. The molecule has 0 fully saturated rings. The second-order valence-electron chi connectivity index (χ2n) is 4.66. The Bertz CT molecular complexity index is 606. The van der Waals surface area contributed by atoms with Crippen LogP contribution in [0.15, 0.2) is 47.4 Å². The van der Waals surface area contributed by atoms with Crippen LogP contribution < -0.4 is 4.90 Å². The van der Waals surface area contributed by atoms with Crippen LogP contribution in [0.1, 0.15) is 11.1 Å². The molecule has 0 unspecified atom stereocenters. The molecule has 0 aromatic heterocycles. The average Bonchev–Trinajstić information content (AvgIpc) is 3.05. The van der Waals surface area contributed by atoms with Crippen LogP contribution in [0.4, 0.5) is 11.4 Å². The van der Waals surface area contributed by atoms with Crippen molar-refractivity contribution in [2.45, 2.75) is 17.7 Å². The van der Waals surface area contributed by atoms with Crippen LogP contribution in [0.25, 0.3) is 0 Å². The molecule has 2 heteroatoms. The first kappa shape index (κ1) is 10.5. The van der Waals surface area contributed by atoms with E-state index in [0.29, 0.717) is 0 Å². The fourth-order valence-electron chi connectivity index (χ4n) is 2.72. The Balaban J connectivity index is 1.84. The molecule has 4 rings (SSSR count). The minimum Gasteiger partial charge on any atom is -0.329 e. The number of rotatable bonds is 1. The number of thioether (sulfide) groups is 1. The predicted molar refractivity (Wildman–Crippen MR) is 76.4 cm³/mol. The van der Waals surface area contributed by atoms with Crippen LogP contribution in [0.3, 0.4) is 0 Å². The molecule has 2 aromatic rings. The van der Waals surface area contributed by atoms with Gasteiger partial charge >= 0.3 is 0 Å². The Kier molecular flexibility index (Phi) is 2.37. The molecule has 0 bridgehead atoms. The number of anilines is 2. The maximum Gasteiger partial charge on any atom is 0.102 e. The van der Waals surface area contributed by atoms with Crippen molar-refractivity contribution in [2.24, 2.45) is 0 Å². The zero-order valence-electron chi connectivity index (χ0n) is 10.0. The zero-order valence-corrected chi connectivity index (χ0v) is 10.8. The van der Waals surface area contributed by atoms with E-state index in [1.807, 2.05) is 11.8 Å². The molecule has 18 heavy (non-hydrogen) atoms. The minimum atomic E-state index is 0.921. The van der Waals surface area contributed by atoms with Gasteiger partial charge in [0.15, 0.2) is 0 Å². The summed E-state index contributed by atoms with van der Waals surface area (Å²) in [6.45, 7) is 3.49. The summed E-state index contributed by atoms with van der Waals surface area (Å²) in [4.78, 5) is 3.69. The van der Waals surface area contributed by atoms with Gasteiger partial charge in [-0.1, -0.05) is 30.3 Å². The number of hydrogen-bond acceptors (Lipinski definition) is 2. The second-order valence-corrected chi connectivity index (χ2v) is 5.77. The van der Waals surface area contributed by atoms with E-state index in [1.165, 1.54) is 39.6 Å². The molecule has 88 valence electrons. The van der Waals surface area contributed by atoms with E-state index in [4.69, 9.17) is 0 Å². The molecule has 0 atom stereocenters. The summed E-state index contributed by atoms with van der Waals surface area (Å²) in [6.07, 6.45) is 2.12. The van der Waals surface area contributed by atoms with Gasteiger partial charge in [0.2, 0.25) is 0 Å². The number of aryl methyl sites for hydroxylation is 1. The van der Waals surface area contributed by atoms with E-state index >= 15 is 0 Å². The molecule has 2 radical (unpaired) electrons. The van der Waals surface area contributed by atoms with Gasteiger partial charge in [0.25, 0.3) is 0 Å². The van der Waals surface area contributed by atoms with Crippen molar-refractivity contribution in [1.29, 1.82) is 0 Å². The molecule has 1 nitrogen and oxygen atoms in total. The number of hydrogen-bond donors (Lipinski definition) is 0. The standard InChI is InChI=1S/C16H13NS/c1-2-6-14-12(4-1)8-10-17(14)15-7-3-5-13-9-11-18-16(13)15/h1-7H,8-9,11H2. The van der Waals surface area contributed by atoms with Crippen LogP contribution in [0.2, 0.25) is 0 Å². The van der Waals surface area contributed by atoms with Crippen LogP contribution in [0.5, 0.6) is 0 Å². The highest BCUT2D eigenvalue weighted by molar-refractivity contribution is 7.99. The fourth-order valence-corrected chi connectivity index (χ4v) is 3.91. The number of para-hydroxylation sites is 1. The first-order valence-corrected chi connectivity index (χ1v) is 7.28. The molecule has 0 amide bonds. The molecule has 0 saturated carbocycles. The van der Waals surface area contributed by atoms with E-state index in [1.54, 1.807) is 0 Å². The van der Waals surface area contributed by atoms with Crippen molar-refractivity contribution in [3.05, 3.63) is 60.1 Å². The lowest BCUT2D eigenvalue weighted by molar-refractivity contribution is 1.09. The van der Waals surface area contributed by atoms with Crippen LogP contribution in [-0.4, -0.2) is 5.75 Å². The van der Waals surface area contributed by atoms with Crippen LogP contribution >= 0.6 is 11.8 Å². The highest BCUT2D eigenvalue weighted by Gasteiger charge is 2.25. The first-order valence-electron chi connectivity index (χ1n) is 6.30. The Morgan fingerprint density at radius 2 is 1.78 bits per heavy atom. The lowest BCUT2D eigenvalue weighted by Gasteiger charge is -2.21. The largest absolute Gasteiger partial charge is 0.329 e. The first-order chi connectivity index (χ1) is 8.93. The van der Waals surface area contributed by atoms with Gasteiger partial charge < -0.3 is 4.90 Å². The van der Waals surface area contributed by atoms with Crippen molar-refractivity contribution in [3.8, 4) is 0 Å². The smallest absolute Gasteiger partial charge is 0.102 e. The normalized spacial score (nSPS) is 16.8. The highest BCUT2D eigenvalue weighted by atomic mass is 32.2. The lowest BCUT2D eigenvalue weighted by atomic mass is 10.1. The summed E-state index contributed by atoms with van der Waals surface area (Å²) < 4.78 is 0. The van der Waals surface area contributed by atoms with Gasteiger partial charge in [0, 0.05) is 22.8 Å². The summed E-state index contributed by atoms with van der Waals surface area (Å²) in [6, 6.07) is 15.2.